The zero-order chi connectivity index (χ0) is 23.8. The lowest BCUT2D eigenvalue weighted by atomic mass is 10.0. The summed E-state index contributed by atoms with van der Waals surface area (Å²) in [6.45, 7) is 6.50. The van der Waals surface area contributed by atoms with Crippen LogP contribution in [0.15, 0.2) is 50.5 Å². The Hall–Kier alpha value is -3.01. The summed E-state index contributed by atoms with van der Waals surface area (Å²) in [6, 6.07) is 9.49. The highest BCUT2D eigenvalue weighted by atomic mass is 32.2. The van der Waals surface area contributed by atoms with E-state index in [0.717, 1.165) is 11.1 Å². The van der Waals surface area contributed by atoms with E-state index in [9.17, 15) is 18.0 Å². The third kappa shape index (κ3) is 4.57. The molecule has 8 nitrogen and oxygen atoms in total. The molecule has 1 fully saturated rings. The van der Waals surface area contributed by atoms with Crippen LogP contribution in [0, 0.1) is 20.8 Å². The van der Waals surface area contributed by atoms with Gasteiger partial charge in [0.2, 0.25) is 10.0 Å². The van der Waals surface area contributed by atoms with Crippen molar-refractivity contribution in [3.8, 4) is 0 Å². The molecule has 0 aliphatic carbocycles. The Balaban J connectivity index is 1.60. The number of carbonyl (C=O) groups excluding carboxylic acids is 1. The second-order valence-corrected chi connectivity index (χ2v) is 9.95. The molecule has 3 aromatic rings. The Labute approximate surface area is 191 Å². The van der Waals surface area contributed by atoms with E-state index in [-0.39, 0.29) is 30.2 Å². The van der Waals surface area contributed by atoms with Crippen molar-refractivity contribution in [2.24, 2.45) is 0 Å². The highest BCUT2D eigenvalue weighted by molar-refractivity contribution is 7.89. The smallest absolute Gasteiger partial charge is 0.338 e. The third-order valence-corrected chi connectivity index (χ3v) is 7.93. The molecule has 0 unspecified atom stereocenters. The number of sulfonamides is 1. The Morgan fingerprint density at radius 3 is 2.45 bits per heavy atom. The van der Waals surface area contributed by atoms with Gasteiger partial charge in [0.25, 0.3) is 0 Å². The Morgan fingerprint density at radius 2 is 1.73 bits per heavy atom. The van der Waals surface area contributed by atoms with E-state index >= 15 is 0 Å². The number of rotatable bonds is 5. The number of hydrogen-bond acceptors (Lipinski definition) is 7. The largest absolute Gasteiger partial charge is 0.457 e. The first kappa shape index (κ1) is 23.2. The van der Waals surface area contributed by atoms with Crippen molar-refractivity contribution in [1.29, 1.82) is 0 Å². The summed E-state index contributed by atoms with van der Waals surface area (Å²) in [6.07, 6.45) is 0. The van der Waals surface area contributed by atoms with Gasteiger partial charge in [-0.15, -0.1) is 0 Å². The number of carbonyl (C=O) groups is 1. The number of morpholine rings is 1. The first-order valence-electron chi connectivity index (χ1n) is 10.6. The SMILES string of the molecule is Cc1ccc(C(=O)OCc2cc(=O)oc3c(C)c(C)ccc23)cc1S(=O)(=O)N1CCOCC1. The topological polar surface area (TPSA) is 103 Å². The number of nitrogens with zero attached hydrogens (tertiary/aromatic N) is 1. The number of aryl methyl sites for hydroxylation is 3. The molecule has 0 spiro atoms. The Morgan fingerprint density at radius 1 is 1.03 bits per heavy atom. The highest BCUT2D eigenvalue weighted by Crippen LogP contribution is 2.25. The van der Waals surface area contributed by atoms with Crippen molar-refractivity contribution in [2.45, 2.75) is 32.3 Å². The molecule has 4 rings (SSSR count). The van der Waals surface area contributed by atoms with E-state index < -0.39 is 21.6 Å². The van der Waals surface area contributed by atoms with Crippen molar-refractivity contribution in [1.82, 2.24) is 4.31 Å². The molecule has 1 aliphatic heterocycles. The van der Waals surface area contributed by atoms with Gasteiger partial charge in [0.05, 0.1) is 23.7 Å². The van der Waals surface area contributed by atoms with Gasteiger partial charge >= 0.3 is 11.6 Å². The van der Waals surface area contributed by atoms with Gasteiger partial charge in [-0.25, -0.2) is 18.0 Å². The van der Waals surface area contributed by atoms with Gasteiger partial charge in [-0.3, -0.25) is 0 Å². The maximum Gasteiger partial charge on any atom is 0.338 e. The summed E-state index contributed by atoms with van der Waals surface area (Å²) in [5, 5.41) is 0.685. The Bertz CT molecular complexity index is 1390. The molecular formula is C24H25NO7S. The Kier molecular flexibility index (Phi) is 6.38. The second-order valence-electron chi connectivity index (χ2n) is 8.05. The summed E-state index contributed by atoms with van der Waals surface area (Å²) in [4.78, 5) is 24.9. The number of benzene rings is 2. The average molecular weight is 472 g/mol. The fourth-order valence-corrected chi connectivity index (χ4v) is 5.46. The molecule has 0 saturated carbocycles. The van der Waals surface area contributed by atoms with Gasteiger partial charge in [-0.05, 0) is 49.6 Å². The van der Waals surface area contributed by atoms with Crippen LogP contribution in [0.1, 0.15) is 32.6 Å². The van der Waals surface area contributed by atoms with Crippen LogP contribution in [-0.2, 0) is 26.1 Å². The van der Waals surface area contributed by atoms with E-state index in [0.29, 0.717) is 35.3 Å². The molecule has 1 saturated heterocycles. The first-order valence-corrected chi connectivity index (χ1v) is 12.0. The van der Waals surface area contributed by atoms with Crippen molar-refractivity contribution in [3.63, 3.8) is 0 Å². The van der Waals surface area contributed by atoms with Crippen molar-refractivity contribution < 1.29 is 27.1 Å². The van der Waals surface area contributed by atoms with Crippen LogP contribution in [-0.4, -0.2) is 45.0 Å². The molecule has 2 heterocycles. The molecule has 33 heavy (non-hydrogen) atoms. The normalized spacial score (nSPS) is 15.0. The lowest BCUT2D eigenvalue weighted by Crippen LogP contribution is -2.40. The molecule has 0 N–H and O–H groups in total. The minimum absolute atomic E-state index is 0.0655. The van der Waals surface area contributed by atoms with Gasteiger partial charge in [0.1, 0.15) is 12.2 Å². The van der Waals surface area contributed by atoms with E-state index in [4.69, 9.17) is 13.9 Å². The average Bonchev–Trinajstić information content (AvgIpc) is 2.80. The molecule has 0 radical (unpaired) electrons. The van der Waals surface area contributed by atoms with Crippen LogP contribution in [0.2, 0.25) is 0 Å². The van der Waals surface area contributed by atoms with Crippen LogP contribution >= 0.6 is 0 Å². The summed E-state index contributed by atoms with van der Waals surface area (Å²) in [5.74, 6) is -0.682. The van der Waals surface area contributed by atoms with Crippen LogP contribution in [0.5, 0.6) is 0 Å². The maximum absolute atomic E-state index is 13.1. The maximum atomic E-state index is 13.1. The van der Waals surface area contributed by atoms with Gasteiger partial charge in [0.15, 0.2) is 0 Å². The quantitative estimate of drug-likeness (QED) is 0.416. The van der Waals surface area contributed by atoms with Crippen LogP contribution < -0.4 is 5.63 Å². The van der Waals surface area contributed by atoms with Gasteiger partial charge < -0.3 is 13.9 Å². The fourth-order valence-electron chi connectivity index (χ4n) is 3.80. The van der Waals surface area contributed by atoms with E-state index in [1.165, 1.54) is 22.5 Å². The van der Waals surface area contributed by atoms with Crippen LogP contribution in [0.4, 0.5) is 0 Å². The molecule has 2 aromatic carbocycles. The van der Waals surface area contributed by atoms with Crippen molar-refractivity contribution in [2.75, 3.05) is 26.3 Å². The van der Waals surface area contributed by atoms with Gasteiger partial charge in [0, 0.05) is 30.1 Å². The first-order chi connectivity index (χ1) is 15.7. The number of fused-ring (bicyclic) bond motifs is 1. The fraction of sp³-hybridized carbons (Fsp3) is 0.333. The minimum Gasteiger partial charge on any atom is -0.457 e. The number of esters is 1. The molecule has 0 amide bonds. The zero-order valence-corrected chi connectivity index (χ0v) is 19.5. The van der Waals surface area contributed by atoms with E-state index in [1.54, 1.807) is 13.0 Å². The lowest BCUT2D eigenvalue weighted by Gasteiger charge is -2.26. The monoisotopic (exact) mass is 471 g/mol. The summed E-state index contributed by atoms with van der Waals surface area (Å²) >= 11 is 0. The zero-order valence-electron chi connectivity index (χ0n) is 18.7. The third-order valence-electron chi connectivity index (χ3n) is 5.89. The van der Waals surface area contributed by atoms with Gasteiger partial charge in [-0.2, -0.15) is 4.31 Å². The van der Waals surface area contributed by atoms with Crippen LogP contribution in [0.25, 0.3) is 11.0 Å². The van der Waals surface area contributed by atoms with Crippen LogP contribution in [0.3, 0.4) is 0 Å². The van der Waals surface area contributed by atoms with E-state index in [1.807, 2.05) is 26.0 Å². The second kappa shape index (κ2) is 9.09. The van der Waals surface area contributed by atoms with Crippen molar-refractivity contribution in [3.05, 3.63) is 74.6 Å². The minimum atomic E-state index is -3.77. The predicted molar refractivity (Wildman–Crippen MR) is 122 cm³/mol. The lowest BCUT2D eigenvalue weighted by molar-refractivity contribution is 0.0473. The number of ether oxygens (including phenoxy) is 2. The predicted octanol–water partition coefficient (Wildman–Crippen LogP) is 3.10. The molecule has 0 bridgehead atoms. The molecule has 0 atom stereocenters. The molecule has 1 aromatic heterocycles. The summed E-state index contributed by atoms with van der Waals surface area (Å²) in [7, 11) is -3.77. The van der Waals surface area contributed by atoms with E-state index in [2.05, 4.69) is 0 Å². The molecule has 174 valence electrons. The number of hydrogen-bond donors (Lipinski definition) is 0. The standard InChI is InChI=1S/C24H25NO7S/c1-15-5-7-20-19(13-22(26)32-23(20)17(15)3)14-31-24(27)18-6-4-16(2)21(12-18)33(28,29)25-8-10-30-11-9-25/h4-7,12-13H,8-11,14H2,1-3H3. The molecular weight excluding hydrogens is 446 g/mol. The highest BCUT2D eigenvalue weighted by Gasteiger charge is 2.28. The summed E-state index contributed by atoms with van der Waals surface area (Å²) in [5.41, 5.74) is 2.93. The summed E-state index contributed by atoms with van der Waals surface area (Å²) < 4.78 is 43.6. The molecule has 9 heteroatoms. The van der Waals surface area contributed by atoms with Gasteiger partial charge in [-0.1, -0.05) is 18.2 Å². The van der Waals surface area contributed by atoms with Crippen molar-refractivity contribution >= 4 is 27.0 Å². The molecule has 1 aliphatic rings.